The van der Waals surface area contributed by atoms with Crippen LogP contribution in [0, 0.1) is 12.3 Å². The molecule has 216 valence electrons. The summed E-state index contributed by atoms with van der Waals surface area (Å²) in [5, 5.41) is 11.8. The Labute approximate surface area is 237 Å². The molecule has 0 aliphatic heterocycles. The second-order valence-electron chi connectivity index (χ2n) is 8.46. The van der Waals surface area contributed by atoms with E-state index in [-0.39, 0.29) is 0 Å². The molecule has 6 heteroatoms. The van der Waals surface area contributed by atoms with E-state index in [0.29, 0.717) is 29.3 Å². The van der Waals surface area contributed by atoms with Gasteiger partial charge in [0.25, 0.3) is 0 Å². The van der Waals surface area contributed by atoms with E-state index in [4.69, 9.17) is 15.9 Å². The maximum atomic E-state index is 8.56. The minimum atomic E-state index is 0.353. The fourth-order valence-electron chi connectivity index (χ4n) is 3.25. The van der Waals surface area contributed by atoms with Gasteiger partial charge in [-0.3, -0.25) is 5.41 Å². The molecule has 3 aromatic rings. The molecule has 0 unspecified atom stereocenters. The van der Waals surface area contributed by atoms with Gasteiger partial charge in [0.1, 0.15) is 12.4 Å². The third kappa shape index (κ3) is 14.4. The number of aromatic nitrogens is 1. The number of methoxy groups -OCH3 is 1. The van der Waals surface area contributed by atoms with Crippen molar-refractivity contribution in [2.75, 3.05) is 32.5 Å². The van der Waals surface area contributed by atoms with Crippen molar-refractivity contribution in [1.29, 1.82) is 5.41 Å². The Morgan fingerprint density at radius 2 is 1.72 bits per heavy atom. The van der Waals surface area contributed by atoms with Crippen LogP contribution < -0.4 is 15.8 Å². The number of unbranched alkanes of at least 4 members (excludes halogenated alkanes) is 1. The molecule has 5 N–H and O–H groups in total. The van der Waals surface area contributed by atoms with Gasteiger partial charge >= 0.3 is 0 Å². The van der Waals surface area contributed by atoms with Gasteiger partial charge in [-0.05, 0) is 81.7 Å². The van der Waals surface area contributed by atoms with Crippen LogP contribution in [0.4, 0.5) is 5.69 Å². The first-order valence-corrected chi connectivity index (χ1v) is 14.1. The third-order valence-corrected chi connectivity index (χ3v) is 5.45. The van der Waals surface area contributed by atoms with E-state index in [1.165, 1.54) is 19.4 Å². The number of nitrogens with two attached hydrogens (primary N) is 1. The fraction of sp³-hybridized carbons (Fsp3) is 0.424. The van der Waals surface area contributed by atoms with Crippen molar-refractivity contribution in [2.45, 2.75) is 67.9 Å². The Morgan fingerprint density at radius 1 is 1.05 bits per heavy atom. The molecule has 0 amide bonds. The van der Waals surface area contributed by atoms with Crippen molar-refractivity contribution in [3.63, 3.8) is 0 Å². The average Bonchev–Trinajstić information content (AvgIpc) is 3.34. The summed E-state index contributed by atoms with van der Waals surface area (Å²) >= 11 is 0. The molecule has 0 saturated carbocycles. The van der Waals surface area contributed by atoms with Crippen LogP contribution in [0.3, 0.4) is 0 Å². The van der Waals surface area contributed by atoms with Crippen molar-refractivity contribution >= 4 is 17.5 Å². The van der Waals surface area contributed by atoms with E-state index in [0.717, 1.165) is 35.7 Å². The molecular weight excluding hydrogens is 484 g/mol. The quantitative estimate of drug-likeness (QED) is 0.113. The predicted molar refractivity (Wildman–Crippen MR) is 170 cm³/mol. The number of benzene rings is 2. The van der Waals surface area contributed by atoms with Gasteiger partial charge in [-0.2, -0.15) is 0 Å². The predicted octanol–water partition coefficient (Wildman–Crippen LogP) is 8.01. The Balaban J connectivity index is 0.000000933. The number of H-pyrrole nitrogens is 1. The molecule has 1 aromatic heterocycles. The molecule has 0 bridgehead atoms. The minimum absolute atomic E-state index is 0.353. The molecule has 0 saturated heterocycles. The summed E-state index contributed by atoms with van der Waals surface area (Å²) in [4.78, 5) is 3.28. The van der Waals surface area contributed by atoms with E-state index in [1.807, 2.05) is 95.3 Å². The van der Waals surface area contributed by atoms with Crippen LogP contribution in [0.15, 0.2) is 60.7 Å². The molecule has 3 rings (SSSR count). The smallest absolute Gasteiger partial charge is 0.120 e. The van der Waals surface area contributed by atoms with E-state index < -0.39 is 0 Å². The molecule has 0 radical (unpaired) electrons. The summed E-state index contributed by atoms with van der Waals surface area (Å²) in [6.45, 7) is 17.9. The van der Waals surface area contributed by atoms with Gasteiger partial charge in [0, 0.05) is 30.7 Å². The van der Waals surface area contributed by atoms with E-state index in [1.54, 1.807) is 13.2 Å². The average molecular weight is 537 g/mol. The number of nitrogen functional groups attached to an aromatic ring is 1. The van der Waals surface area contributed by atoms with Crippen LogP contribution in [0.5, 0.6) is 5.75 Å². The Hall–Kier alpha value is -3.35. The maximum Gasteiger partial charge on any atom is 0.120 e. The molecule has 39 heavy (non-hydrogen) atoms. The summed E-state index contributed by atoms with van der Waals surface area (Å²) in [6.07, 6.45) is 6.58. The number of allylic oxidation sites excluding steroid dienone is 1. The van der Waals surface area contributed by atoms with Gasteiger partial charge in [0.05, 0.1) is 11.4 Å². The molecule has 1 heterocycles. The Kier molecular flexibility index (Phi) is 20.7. The highest BCUT2D eigenvalue weighted by Crippen LogP contribution is 2.24. The van der Waals surface area contributed by atoms with Crippen LogP contribution in [0.2, 0.25) is 0 Å². The van der Waals surface area contributed by atoms with Crippen molar-refractivity contribution in [3.8, 4) is 5.75 Å². The first-order chi connectivity index (χ1) is 18.9. The molecule has 0 fully saturated rings. The number of ether oxygens (including phenoxy) is 2. The maximum absolute atomic E-state index is 8.56. The van der Waals surface area contributed by atoms with Crippen LogP contribution in [0.25, 0.3) is 6.08 Å². The number of anilines is 1. The Bertz CT molecular complexity index is 1050. The second-order valence-corrected chi connectivity index (χ2v) is 8.46. The number of hydrogen-bond acceptors (Lipinski definition) is 5. The van der Waals surface area contributed by atoms with Gasteiger partial charge in [-0.1, -0.05) is 70.5 Å². The van der Waals surface area contributed by atoms with Gasteiger partial charge in [-0.25, -0.2) is 0 Å². The number of nitrogens with one attached hydrogen (secondary N) is 3. The molecule has 0 aliphatic rings. The monoisotopic (exact) mass is 536 g/mol. The lowest BCUT2D eigenvalue weighted by molar-refractivity contribution is 0.215. The molecule has 0 spiro atoms. The van der Waals surface area contributed by atoms with Gasteiger partial charge in [0.15, 0.2) is 0 Å². The van der Waals surface area contributed by atoms with Crippen LogP contribution in [-0.4, -0.2) is 37.5 Å². The summed E-state index contributed by atoms with van der Waals surface area (Å²) in [7, 11) is 1.68. The molecule has 2 aromatic carbocycles. The second kappa shape index (κ2) is 22.6. The summed E-state index contributed by atoms with van der Waals surface area (Å²) in [5.41, 5.74) is 11.6. The lowest BCUT2D eigenvalue weighted by atomic mass is 10.0. The van der Waals surface area contributed by atoms with Crippen molar-refractivity contribution in [2.24, 2.45) is 0 Å². The zero-order valence-corrected chi connectivity index (χ0v) is 25.5. The van der Waals surface area contributed by atoms with Gasteiger partial charge in [-0.15, -0.1) is 0 Å². The van der Waals surface area contributed by atoms with Gasteiger partial charge < -0.3 is 25.5 Å². The highest BCUT2D eigenvalue weighted by molar-refractivity contribution is 6.13. The first-order valence-electron chi connectivity index (χ1n) is 14.1. The molecule has 0 aliphatic carbocycles. The summed E-state index contributed by atoms with van der Waals surface area (Å²) < 4.78 is 10.4. The summed E-state index contributed by atoms with van der Waals surface area (Å²) in [5.74, 6) is 0.694. The van der Waals surface area contributed by atoms with Crippen molar-refractivity contribution in [1.82, 2.24) is 10.3 Å². The standard InChI is InChI=1S/C22H23N3O.C6H15N.C3H8O.C2H6/c1-3-7-20-15(2)12-21(25-20)22(24)18-13-17(10-11-19(18)23)26-14-16-8-5-4-6-9-16;1-3-5-6-7-4-2;1-3-4-2;1-2/h3-13,24-25H,14,23H2,1-2H3;7H,3-6H2,1-2H3;3H2,1-2H3;1-2H3/b7-3-,24-22?;;;. The van der Waals surface area contributed by atoms with Crippen LogP contribution in [0.1, 0.15) is 82.5 Å². The van der Waals surface area contributed by atoms with Crippen molar-refractivity contribution in [3.05, 3.63) is 88.8 Å². The Morgan fingerprint density at radius 3 is 2.28 bits per heavy atom. The number of rotatable bonds is 11. The number of aryl methyl sites for hydroxylation is 1. The minimum Gasteiger partial charge on any atom is -0.489 e. The highest BCUT2D eigenvalue weighted by atomic mass is 16.5. The fourth-order valence-corrected chi connectivity index (χ4v) is 3.25. The number of hydrogen-bond donors (Lipinski definition) is 4. The zero-order valence-electron chi connectivity index (χ0n) is 25.5. The normalized spacial score (nSPS) is 9.95. The van der Waals surface area contributed by atoms with Crippen LogP contribution in [-0.2, 0) is 11.3 Å². The topological polar surface area (TPSA) is 96.2 Å². The molecule has 6 nitrogen and oxygen atoms in total. The lowest BCUT2D eigenvalue weighted by Crippen LogP contribution is -2.13. The zero-order chi connectivity index (χ0) is 29.5. The first kappa shape index (κ1) is 35.6. The third-order valence-electron chi connectivity index (χ3n) is 5.45. The molecule has 0 atom stereocenters. The van der Waals surface area contributed by atoms with E-state index in [9.17, 15) is 0 Å². The largest absolute Gasteiger partial charge is 0.489 e. The SMILES string of the molecule is C/C=C\c1[nH]c(C(=N)c2cc(OCc3ccccc3)ccc2N)cc1C.CC.CCCCNCC.CCOC. The molecular formula is C33H52N4O2. The van der Waals surface area contributed by atoms with Crippen molar-refractivity contribution < 1.29 is 9.47 Å². The number of aromatic amines is 1. The van der Waals surface area contributed by atoms with Crippen LogP contribution >= 0.6 is 0 Å². The van der Waals surface area contributed by atoms with E-state index in [2.05, 4.69) is 28.9 Å². The lowest BCUT2D eigenvalue weighted by Gasteiger charge is -2.11. The van der Waals surface area contributed by atoms with E-state index >= 15 is 0 Å². The highest BCUT2D eigenvalue weighted by Gasteiger charge is 2.13. The van der Waals surface area contributed by atoms with Gasteiger partial charge in [0.2, 0.25) is 0 Å². The summed E-state index contributed by atoms with van der Waals surface area (Å²) in [6, 6.07) is 17.4.